The summed E-state index contributed by atoms with van der Waals surface area (Å²) in [5, 5.41) is 21.9. The van der Waals surface area contributed by atoms with Crippen molar-refractivity contribution in [3.63, 3.8) is 0 Å². The van der Waals surface area contributed by atoms with E-state index in [4.69, 9.17) is 9.94 Å². The number of anilines is 2. The monoisotopic (exact) mass is 287 g/mol. The molecule has 0 aliphatic carbocycles. The van der Waals surface area contributed by atoms with Crippen molar-refractivity contribution in [3.05, 3.63) is 59.3 Å². The predicted molar refractivity (Wildman–Crippen MR) is 79.0 cm³/mol. The Balaban J connectivity index is 2.13. The number of hydroxylamine groups is 1. The SMILES string of the molecule is COc1ccc(N(C)c2ccc(C/[N+]([O-])=N/O)cc2)cc1. The van der Waals surface area contributed by atoms with Gasteiger partial charge in [-0.05, 0) is 36.4 Å². The van der Waals surface area contributed by atoms with Crippen LogP contribution >= 0.6 is 0 Å². The first-order chi connectivity index (χ1) is 10.1. The van der Waals surface area contributed by atoms with Gasteiger partial charge in [-0.3, -0.25) is 0 Å². The quantitative estimate of drug-likeness (QED) is 0.520. The predicted octanol–water partition coefficient (Wildman–Crippen LogP) is 3.31. The van der Waals surface area contributed by atoms with Crippen molar-refractivity contribution in [3.8, 4) is 5.75 Å². The molecule has 0 aliphatic rings. The first kappa shape index (κ1) is 14.6. The average molecular weight is 287 g/mol. The standard InChI is InChI=1S/C15H17N3O3/c1-17(14-7-9-15(21-2)10-8-14)13-5-3-12(4-6-13)11-18(20)16-19/h3-10,19H,11H2,1-2H3/b18-16-. The molecule has 1 N–H and O–H groups in total. The second-order valence-electron chi connectivity index (χ2n) is 4.52. The summed E-state index contributed by atoms with van der Waals surface area (Å²) in [5.41, 5.74) is 2.79. The van der Waals surface area contributed by atoms with E-state index in [1.54, 1.807) is 7.11 Å². The van der Waals surface area contributed by atoms with Gasteiger partial charge < -0.3 is 20.1 Å². The van der Waals surface area contributed by atoms with E-state index < -0.39 is 0 Å². The van der Waals surface area contributed by atoms with Crippen molar-refractivity contribution in [2.75, 3.05) is 19.1 Å². The molecule has 0 saturated heterocycles. The lowest BCUT2D eigenvalue weighted by atomic mass is 10.2. The van der Waals surface area contributed by atoms with E-state index in [0.717, 1.165) is 22.7 Å². The molecule has 2 aromatic carbocycles. The topological polar surface area (TPSA) is 71.1 Å². The minimum atomic E-state index is 0.0169. The van der Waals surface area contributed by atoms with Crippen molar-refractivity contribution >= 4 is 11.4 Å². The molecule has 0 spiro atoms. The van der Waals surface area contributed by atoms with E-state index >= 15 is 0 Å². The molecule has 0 radical (unpaired) electrons. The summed E-state index contributed by atoms with van der Waals surface area (Å²) in [5.74, 6) is 0.811. The highest BCUT2D eigenvalue weighted by molar-refractivity contribution is 5.63. The molecule has 21 heavy (non-hydrogen) atoms. The van der Waals surface area contributed by atoms with Crippen molar-refractivity contribution < 1.29 is 14.8 Å². The zero-order valence-electron chi connectivity index (χ0n) is 11.9. The summed E-state index contributed by atoms with van der Waals surface area (Å²) in [6, 6.07) is 15.2. The third-order valence-corrected chi connectivity index (χ3v) is 3.20. The van der Waals surface area contributed by atoms with Gasteiger partial charge in [0.15, 0.2) is 5.28 Å². The molecule has 0 unspecified atom stereocenters. The van der Waals surface area contributed by atoms with Gasteiger partial charge >= 0.3 is 0 Å². The summed E-state index contributed by atoms with van der Waals surface area (Å²) in [6.45, 7) is 0.0169. The maximum absolute atomic E-state index is 11.0. The lowest BCUT2D eigenvalue weighted by Crippen LogP contribution is -2.09. The second kappa shape index (κ2) is 6.60. The first-order valence-electron chi connectivity index (χ1n) is 6.40. The fourth-order valence-corrected chi connectivity index (χ4v) is 1.97. The van der Waals surface area contributed by atoms with Gasteiger partial charge in [-0.1, -0.05) is 17.0 Å². The molecule has 0 aromatic heterocycles. The average Bonchev–Trinajstić information content (AvgIpc) is 2.55. The van der Waals surface area contributed by atoms with Crippen LogP contribution in [0.5, 0.6) is 5.75 Å². The van der Waals surface area contributed by atoms with Gasteiger partial charge in [-0.2, -0.15) is 0 Å². The van der Waals surface area contributed by atoms with Gasteiger partial charge in [0.2, 0.25) is 6.54 Å². The van der Waals surface area contributed by atoms with Gasteiger partial charge in [0.25, 0.3) is 0 Å². The molecule has 110 valence electrons. The van der Waals surface area contributed by atoms with E-state index in [1.165, 1.54) is 0 Å². The normalized spacial score (nSPS) is 11.2. The number of benzene rings is 2. The zero-order chi connectivity index (χ0) is 15.2. The molecule has 0 saturated carbocycles. The molecule has 6 heteroatoms. The third-order valence-electron chi connectivity index (χ3n) is 3.20. The van der Waals surface area contributed by atoms with Crippen LogP contribution in [0.2, 0.25) is 0 Å². The molecular formula is C15H17N3O3. The molecule has 0 amide bonds. The number of methoxy groups -OCH3 is 1. The number of nitrogens with zero attached hydrogens (tertiary/aromatic N) is 3. The molecule has 0 aliphatic heterocycles. The fourth-order valence-electron chi connectivity index (χ4n) is 1.97. The van der Waals surface area contributed by atoms with Crippen LogP contribution < -0.4 is 9.64 Å². The van der Waals surface area contributed by atoms with Crippen LogP contribution in [0.25, 0.3) is 0 Å². The minimum absolute atomic E-state index is 0.0169. The highest BCUT2D eigenvalue weighted by atomic mass is 16.6. The molecule has 2 aromatic rings. The Labute approximate surface area is 123 Å². The molecular weight excluding hydrogens is 270 g/mol. The zero-order valence-corrected chi connectivity index (χ0v) is 11.9. The minimum Gasteiger partial charge on any atom is -0.597 e. The smallest absolute Gasteiger partial charge is 0.209 e. The summed E-state index contributed by atoms with van der Waals surface area (Å²) < 4.78 is 5.14. The highest BCUT2D eigenvalue weighted by Crippen LogP contribution is 2.25. The molecule has 2 rings (SSSR count). The second-order valence-corrected chi connectivity index (χ2v) is 4.52. The van der Waals surface area contributed by atoms with Gasteiger partial charge in [0.05, 0.1) is 7.11 Å². The van der Waals surface area contributed by atoms with E-state index in [-0.39, 0.29) is 11.4 Å². The summed E-state index contributed by atoms with van der Waals surface area (Å²) in [4.78, 5) is 2.25. The maximum atomic E-state index is 11.0. The van der Waals surface area contributed by atoms with Gasteiger partial charge in [-0.25, -0.2) is 0 Å². The lowest BCUT2D eigenvalue weighted by Gasteiger charge is -2.20. The van der Waals surface area contributed by atoms with Gasteiger partial charge in [0.1, 0.15) is 5.75 Å². The Hall–Kier alpha value is -2.76. The van der Waals surface area contributed by atoms with Crippen LogP contribution in [0, 0.1) is 5.21 Å². The number of hydrogen-bond acceptors (Lipinski definition) is 4. The van der Waals surface area contributed by atoms with Crippen LogP contribution in [0.1, 0.15) is 5.56 Å². The van der Waals surface area contributed by atoms with E-state index in [9.17, 15) is 5.21 Å². The van der Waals surface area contributed by atoms with Crippen molar-refractivity contribution in [1.82, 2.24) is 0 Å². The summed E-state index contributed by atoms with van der Waals surface area (Å²) in [7, 11) is 3.59. The largest absolute Gasteiger partial charge is 0.597 e. The van der Waals surface area contributed by atoms with Crippen LogP contribution in [-0.4, -0.2) is 24.2 Å². The van der Waals surface area contributed by atoms with Crippen molar-refractivity contribution in [2.24, 2.45) is 5.28 Å². The molecule has 0 atom stereocenters. The third kappa shape index (κ3) is 3.62. The van der Waals surface area contributed by atoms with E-state index in [0.29, 0.717) is 0 Å². The molecule has 0 bridgehead atoms. The van der Waals surface area contributed by atoms with E-state index in [2.05, 4.69) is 5.28 Å². The Morgan fingerprint density at radius 2 is 1.62 bits per heavy atom. The number of hydrogen-bond donors (Lipinski definition) is 1. The molecule has 6 nitrogen and oxygen atoms in total. The summed E-state index contributed by atoms with van der Waals surface area (Å²) in [6.07, 6.45) is 0. The molecule has 0 fully saturated rings. The van der Waals surface area contributed by atoms with Crippen molar-refractivity contribution in [1.29, 1.82) is 0 Å². The Morgan fingerprint density at radius 1 is 1.10 bits per heavy atom. The van der Waals surface area contributed by atoms with E-state index in [1.807, 2.05) is 60.5 Å². The number of rotatable bonds is 5. The maximum Gasteiger partial charge on any atom is 0.209 e. The number of ether oxygens (including phenoxy) is 1. The van der Waals surface area contributed by atoms with Crippen LogP contribution in [-0.2, 0) is 6.54 Å². The summed E-state index contributed by atoms with van der Waals surface area (Å²) >= 11 is 0. The Bertz CT molecular complexity index is 609. The van der Waals surface area contributed by atoms with Crippen LogP contribution in [0.4, 0.5) is 11.4 Å². The van der Waals surface area contributed by atoms with Crippen LogP contribution in [0.15, 0.2) is 53.8 Å². The molecule has 0 heterocycles. The van der Waals surface area contributed by atoms with Crippen LogP contribution in [0.3, 0.4) is 0 Å². The highest BCUT2D eigenvalue weighted by Gasteiger charge is 2.06. The fraction of sp³-hybridized carbons (Fsp3) is 0.200. The first-order valence-corrected chi connectivity index (χ1v) is 6.40. The van der Waals surface area contributed by atoms with Crippen molar-refractivity contribution in [2.45, 2.75) is 6.54 Å². The Kier molecular flexibility index (Phi) is 4.61. The Morgan fingerprint density at radius 3 is 2.10 bits per heavy atom. The van der Waals surface area contributed by atoms with Gasteiger partial charge in [0, 0.05) is 24.0 Å². The van der Waals surface area contributed by atoms with Gasteiger partial charge in [-0.15, -0.1) is 0 Å². The lowest BCUT2D eigenvalue weighted by molar-refractivity contribution is -0.570.